The van der Waals surface area contributed by atoms with E-state index in [9.17, 15) is 9.59 Å². The molecule has 9 heteroatoms. The summed E-state index contributed by atoms with van der Waals surface area (Å²) in [6.07, 6.45) is 3.81. The van der Waals surface area contributed by atoms with Crippen LogP contribution in [0.15, 0.2) is 17.3 Å². The lowest BCUT2D eigenvalue weighted by Gasteiger charge is -2.28. The largest absolute Gasteiger partial charge is 0.444 e. The standard InChI is InChI=1S/C25H34ClN5O3/c1-15-10-17(16(11-27-5)12-28-6)21-18-14-31(9-8-19(18)30(7)23(21)22(15)26)20(32)13-29-24(33)34-25(2,3)4/h10-12,27H,8-9,13-14H2,1-7H3,(H,29,33)/b16-11+,28-12?. The van der Waals surface area contributed by atoms with Crippen LogP contribution < -0.4 is 10.6 Å². The summed E-state index contributed by atoms with van der Waals surface area (Å²) in [5.41, 5.74) is 5.47. The maximum Gasteiger partial charge on any atom is 0.408 e. The summed E-state index contributed by atoms with van der Waals surface area (Å²) in [6, 6.07) is 2.07. The number of rotatable bonds is 5. The monoisotopic (exact) mass is 487 g/mol. The van der Waals surface area contributed by atoms with Crippen LogP contribution in [-0.2, 0) is 29.5 Å². The van der Waals surface area contributed by atoms with Crippen molar-refractivity contribution in [3.8, 4) is 0 Å². The number of amides is 2. The summed E-state index contributed by atoms with van der Waals surface area (Å²) in [7, 11) is 5.61. The number of halogens is 1. The number of nitrogens with one attached hydrogen (secondary N) is 2. The molecule has 0 radical (unpaired) electrons. The van der Waals surface area contributed by atoms with Gasteiger partial charge in [-0.15, -0.1) is 0 Å². The van der Waals surface area contributed by atoms with Crippen LogP contribution in [0.2, 0.25) is 5.02 Å². The Morgan fingerprint density at radius 2 is 2.03 bits per heavy atom. The van der Waals surface area contributed by atoms with E-state index in [1.165, 1.54) is 0 Å². The van der Waals surface area contributed by atoms with Gasteiger partial charge in [0.1, 0.15) is 12.1 Å². The number of carbonyl (C=O) groups excluding carboxylic acids is 2. The quantitative estimate of drug-likeness (QED) is 0.628. The van der Waals surface area contributed by atoms with Gasteiger partial charge in [0.2, 0.25) is 5.91 Å². The zero-order chi connectivity index (χ0) is 25.2. The van der Waals surface area contributed by atoms with Gasteiger partial charge in [0.25, 0.3) is 0 Å². The van der Waals surface area contributed by atoms with Crippen molar-refractivity contribution in [2.45, 2.75) is 46.3 Å². The molecule has 1 aromatic carbocycles. The highest BCUT2D eigenvalue weighted by molar-refractivity contribution is 6.37. The molecule has 2 amide bonds. The Morgan fingerprint density at radius 1 is 1.32 bits per heavy atom. The number of hydrogen-bond acceptors (Lipinski definition) is 5. The Morgan fingerprint density at radius 3 is 2.65 bits per heavy atom. The van der Waals surface area contributed by atoms with E-state index in [-0.39, 0.29) is 12.5 Å². The van der Waals surface area contributed by atoms with Crippen molar-refractivity contribution >= 4 is 46.3 Å². The van der Waals surface area contributed by atoms with Crippen LogP contribution in [0.5, 0.6) is 0 Å². The molecule has 2 heterocycles. The molecule has 0 unspecified atom stereocenters. The number of aryl methyl sites for hydroxylation is 2. The number of hydrogen-bond donors (Lipinski definition) is 2. The molecular weight excluding hydrogens is 454 g/mol. The third kappa shape index (κ3) is 5.22. The fraction of sp³-hybridized carbons (Fsp3) is 0.480. The Balaban J connectivity index is 1.99. The van der Waals surface area contributed by atoms with Crippen LogP contribution in [0.1, 0.15) is 43.2 Å². The molecule has 1 aromatic heterocycles. The first-order valence-electron chi connectivity index (χ1n) is 11.3. The Hall–Kier alpha value is -3.00. The van der Waals surface area contributed by atoms with Crippen molar-refractivity contribution in [2.75, 3.05) is 27.2 Å². The number of aliphatic imine (C=N–C) groups is 1. The van der Waals surface area contributed by atoms with Gasteiger partial charge in [-0.1, -0.05) is 11.6 Å². The second-order valence-electron chi connectivity index (χ2n) is 9.46. The maximum atomic E-state index is 12.9. The van der Waals surface area contributed by atoms with Gasteiger partial charge in [-0.3, -0.25) is 9.79 Å². The van der Waals surface area contributed by atoms with E-state index < -0.39 is 11.7 Å². The molecule has 0 aliphatic carbocycles. The number of fused-ring (bicyclic) bond motifs is 3. The lowest BCUT2D eigenvalue weighted by Crippen LogP contribution is -2.43. The number of ether oxygens (including phenoxy) is 1. The predicted octanol–water partition coefficient (Wildman–Crippen LogP) is 3.81. The minimum absolute atomic E-state index is 0.116. The van der Waals surface area contributed by atoms with E-state index in [1.807, 2.05) is 33.4 Å². The number of nitrogens with zero attached hydrogens (tertiary/aromatic N) is 3. The van der Waals surface area contributed by atoms with Crippen LogP contribution in [0, 0.1) is 6.92 Å². The van der Waals surface area contributed by atoms with Crippen molar-refractivity contribution in [3.63, 3.8) is 0 Å². The topological polar surface area (TPSA) is 88.0 Å². The second kappa shape index (κ2) is 10.1. The van der Waals surface area contributed by atoms with Crippen molar-refractivity contribution in [1.82, 2.24) is 20.1 Å². The average Bonchev–Trinajstić information content (AvgIpc) is 3.05. The smallest absolute Gasteiger partial charge is 0.408 e. The maximum absolute atomic E-state index is 12.9. The minimum Gasteiger partial charge on any atom is -0.444 e. The first kappa shape index (κ1) is 25.6. The fourth-order valence-electron chi connectivity index (χ4n) is 4.37. The van der Waals surface area contributed by atoms with Crippen LogP contribution in [0.25, 0.3) is 16.5 Å². The summed E-state index contributed by atoms with van der Waals surface area (Å²) < 4.78 is 7.38. The molecule has 34 heavy (non-hydrogen) atoms. The molecule has 0 fully saturated rings. The van der Waals surface area contributed by atoms with Crippen molar-refractivity contribution in [1.29, 1.82) is 0 Å². The van der Waals surface area contributed by atoms with E-state index in [2.05, 4.69) is 26.3 Å². The van der Waals surface area contributed by atoms with Crippen molar-refractivity contribution in [3.05, 3.63) is 39.7 Å². The summed E-state index contributed by atoms with van der Waals surface area (Å²) in [6.45, 7) is 8.23. The second-order valence-corrected chi connectivity index (χ2v) is 9.84. The first-order valence-corrected chi connectivity index (χ1v) is 11.7. The number of carbonyl (C=O) groups is 2. The van der Waals surface area contributed by atoms with E-state index >= 15 is 0 Å². The third-order valence-corrected chi connectivity index (χ3v) is 6.27. The number of benzene rings is 1. The average molecular weight is 488 g/mol. The van der Waals surface area contributed by atoms with E-state index in [0.717, 1.165) is 38.9 Å². The summed E-state index contributed by atoms with van der Waals surface area (Å²) in [5.74, 6) is -0.158. The van der Waals surface area contributed by atoms with Crippen LogP contribution >= 0.6 is 11.6 Å². The Bertz CT molecular complexity index is 1170. The molecule has 1 aliphatic rings. The molecule has 0 atom stereocenters. The zero-order valence-electron chi connectivity index (χ0n) is 21.0. The van der Waals surface area contributed by atoms with Gasteiger partial charge in [-0.25, -0.2) is 4.79 Å². The number of alkyl carbamates (subject to hydrolysis) is 1. The molecule has 2 N–H and O–H groups in total. The third-order valence-electron chi connectivity index (χ3n) is 5.79. The molecule has 0 saturated heterocycles. The highest BCUT2D eigenvalue weighted by Gasteiger charge is 2.29. The highest BCUT2D eigenvalue weighted by atomic mass is 35.5. The van der Waals surface area contributed by atoms with Crippen LogP contribution in [-0.4, -0.2) is 60.5 Å². The predicted molar refractivity (Wildman–Crippen MR) is 137 cm³/mol. The Labute approximate surface area is 206 Å². The summed E-state index contributed by atoms with van der Waals surface area (Å²) >= 11 is 6.79. The van der Waals surface area contributed by atoms with Gasteiger partial charge in [-0.2, -0.15) is 0 Å². The van der Waals surface area contributed by atoms with E-state index in [0.29, 0.717) is 24.5 Å². The molecule has 8 nitrogen and oxygen atoms in total. The van der Waals surface area contributed by atoms with Gasteiger partial charge < -0.3 is 24.8 Å². The lowest BCUT2D eigenvalue weighted by molar-refractivity contribution is -0.131. The summed E-state index contributed by atoms with van der Waals surface area (Å²) in [4.78, 5) is 30.9. The Kier molecular flexibility index (Phi) is 7.60. The fourth-order valence-corrected chi connectivity index (χ4v) is 4.65. The van der Waals surface area contributed by atoms with Gasteiger partial charge >= 0.3 is 6.09 Å². The number of allylic oxidation sites excluding steroid dienone is 1. The summed E-state index contributed by atoms with van der Waals surface area (Å²) in [5, 5.41) is 7.39. The SMILES string of the molecule is CN=C/C(=C\NC)c1cc(C)c(Cl)c2c1c1c(n2C)CCN(C(=O)CNC(=O)OC(C)(C)C)C1. The van der Waals surface area contributed by atoms with Crippen LogP contribution in [0.3, 0.4) is 0 Å². The van der Waals surface area contributed by atoms with Gasteiger partial charge in [0, 0.05) is 75.3 Å². The van der Waals surface area contributed by atoms with E-state index in [1.54, 1.807) is 32.7 Å². The molecule has 0 bridgehead atoms. The van der Waals surface area contributed by atoms with E-state index in [4.69, 9.17) is 16.3 Å². The normalized spacial score (nSPS) is 14.5. The van der Waals surface area contributed by atoms with Crippen molar-refractivity contribution in [2.24, 2.45) is 12.0 Å². The van der Waals surface area contributed by atoms with Gasteiger partial charge in [0.05, 0.1) is 10.5 Å². The first-order chi connectivity index (χ1) is 16.0. The van der Waals surface area contributed by atoms with Gasteiger partial charge in [-0.05, 0) is 44.9 Å². The molecule has 3 rings (SSSR count). The number of aromatic nitrogens is 1. The molecule has 184 valence electrons. The lowest BCUT2D eigenvalue weighted by atomic mass is 9.95. The highest BCUT2D eigenvalue weighted by Crippen LogP contribution is 2.40. The van der Waals surface area contributed by atoms with Crippen molar-refractivity contribution < 1.29 is 14.3 Å². The molecule has 1 aliphatic heterocycles. The molecule has 0 spiro atoms. The van der Waals surface area contributed by atoms with Crippen LogP contribution in [0.4, 0.5) is 4.79 Å². The molecule has 0 saturated carbocycles. The molecule has 2 aromatic rings. The van der Waals surface area contributed by atoms with Gasteiger partial charge in [0.15, 0.2) is 0 Å². The molecular formula is C25H34ClN5O3. The zero-order valence-corrected chi connectivity index (χ0v) is 21.8. The minimum atomic E-state index is -0.621.